The van der Waals surface area contributed by atoms with Gasteiger partial charge in [-0.25, -0.2) is 9.89 Å². The monoisotopic (exact) mass is 160 g/mol. The molecule has 0 bridgehead atoms. The summed E-state index contributed by atoms with van der Waals surface area (Å²) in [6, 6.07) is 0. The fraction of sp³-hybridized carbons (Fsp3) is 0.250. The third-order valence-electron chi connectivity index (χ3n) is 0.923. The molecule has 1 unspecified atom stereocenters. The zero-order chi connectivity index (χ0) is 7.56. The Morgan fingerprint density at radius 1 is 1.90 bits per heavy atom. The summed E-state index contributed by atoms with van der Waals surface area (Å²) in [6.07, 6.45) is 1.38. The fourth-order valence-corrected chi connectivity index (χ4v) is 0.594. The lowest BCUT2D eigenvalue weighted by molar-refractivity contribution is 0.624. The molecule has 1 aromatic rings. The van der Waals surface area contributed by atoms with E-state index in [1.165, 1.54) is 6.08 Å². The molecule has 1 aromatic heterocycles. The van der Waals surface area contributed by atoms with E-state index in [4.69, 9.17) is 11.6 Å². The molecule has 0 saturated heterocycles. The van der Waals surface area contributed by atoms with Crippen molar-refractivity contribution < 1.29 is 0 Å². The second-order valence-corrected chi connectivity index (χ2v) is 2.01. The summed E-state index contributed by atoms with van der Waals surface area (Å²) in [4.78, 5) is 10.7. The van der Waals surface area contributed by atoms with Gasteiger partial charge in [0.15, 0.2) is 5.50 Å². The number of aromatic nitrogens is 4. The number of allylic oxidation sites excluding steroid dienone is 1. The number of hydrogen-bond donors (Lipinski definition) is 1. The van der Waals surface area contributed by atoms with Gasteiger partial charge in [0, 0.05) is 0 Å². The average Bonchev–Trinajstić information content (AvgIpc) is 2.34. The van der Waals surface area contributed by atoms with Crippen LogP contribution in [0.5, 0.6) is 0 Å². The van der Waals surface area contributed by atoms with Crippen molar-refractivity contribution in [2.24, 2.45) is 0 Å². The smallest absolute Gasteiger partial charge is 0.244 e. The molecule has 0 spiro atoms. The van der Waals surface area contributed by atoms with Crippen LogP contribution in [0.25, 0.3) is 0 Å². The van der Waals surface area contributed by atoms with E-state index in [1.54, 1.807) is 0 Å². The van der Waals surface area contributed by atoms with Gasteiger partial charge in [0.2, 0.25) is 0 Å². The van der Waals surface area contributed by atoms with E-state index in [9.17, 15) is 4.79 Å². The second kappa shape index (κ2) is 2.66. The van der Waals surface area contributed by atoms with Crippen molar-refractivity contribution in [3.05, 3.63) is 23.1 Å². The van der Waals surface area contributed by atoms with Crippen molar-refractivity contribution in [2.75, 3.05) is 0 Å². The van der Waals surface area contributed by atoms with E-state index >= 15 is 0 Å². The van der Waals surface area contributed by atoms with Crippen molar-refractivity contribution in [3.63, 3.8) is 0 Å². The van der Waals surface area contributed by atoms with Crippen molar-refractivity contribution in [1.82, 2.24) is 20.2 Å². The SMILES string of the molecule is C=CC(Cl)n1nn[nH]c1=O. The molecule has 1 atom stereocenters. The number of halogens is 1. The lowest BCUT2D eigenvalue weighted by Gasteiger charge is -1.97. The molecular formula is C4H5ClN4O. The Labute approximate surface area is 61.3 Å². The van der Waals surface area contributed by atoms with E-state index in [0.29, 0.717) is 0 Å². The first kappa shape index (κ1) is 7.01. The summed E-state index contributed by atoms with van der Waals surface area (Å²) in [5, 5.41) is 8.71. The predicted molar refractivity (Wildman–Crippen MR) is 35.7 cm³/mol. The van der Waals surface area contributed by atoms with Crippen LogP contribution in [-0.2, 0) is 0 Å². The Morgan fingerprint density at radius 3 is 3.00 bits per heavy atom. The number of H-pyrrole nitrogens is 1. The molecule has 0 aliphatic heterocycles. The highest BCUT2D eigenvalue weighted by molar-refractivity contribution is 6.19. The Bertz CT molecular complexity index is 277. The Hall–Kier alpha value is -1.10. The zero-order valence-electron chi connectivity index (χ0n) is 4.99. The summed E-state index contributed by atoms with van der Waals surface area (Å²) in [6.45, 7) is 3.38. The van der Waals surface area contributed by atoms with Gasteiger partial charge in [0.1, 0.15) is 0 Å². The molecule has 0 aliphatic rings. The molecular weight excluding hydrogens is 156 g/mol. The molecule has 1 N–H and O–H groups in total. The number of nitrogens with one attached hydrogen (secondary N) is 1. The summed E-state index contributed by atoms with van der Waals surface area (Å²) < 4.78 is 0.981. The van der Waals surface area contributed by atoms with Crippen LogP contribution in [0, 0.1) is 0 Å². The molecule has 0 aromatic carbocycles. The van der Waals surface area contributed by atoms with E-state index in [1.807, 2.05) is 0 Å². The molecule has 10 heavy (non-hydrogen) atoms. The van der Waals surface area contributed by atoms with Gasteiger partial charge in [-0.05, 0) is 10.4 Å². The molecule has 5 nitrogen and oxygen atoms in total. The van der Waals surface area contributed by atoms with Gasteiger partial charge in [-0.2, -0.15) is 4.68 Å². The van der Waals surface area contributed by atoms with Crippen LogP contribution in [0.4, 0.5) is 0 Å². The summed E-state index contributed by atoms with van der Waals surface area (Å²) in [7, 11) is 0. The second-order valence-electron chi connectivity index (χ2n) is 1.56. The van der Waals surface area contributed by atoms with Crippen molar-refractivity contribution in [3.8, 4) is 0 Å². The van der Waals surface area contributed by atoms with E-state index < -0.39 is 11.2 Å². The highest BCUT2D eigenvalue weighted by Crippen LogP contribution is 2.05. The van der Waals surface area contributed by atoms with Crippen molar-refractivity contribution in [1.29, 1.82) is 0 Å². The molecule has 0 radical (unpaired) electrons. The molecule has 1 rings (SSSR count). The summed E-state index contributed by atoms with van der Waals surface area (Å²) in [5.74, 6) is 0. The Morgan fingerprint density at radius 2 is 2.60 bits per heavy atom. The minimum absolute atomic E-state index is 0.445. The minimum Gasteiger partial charge on any atom is -0.244 e. The fourth-order valence-electron chi connectivity index (χ4n) is 0.466. The first-order valence-electron chi connectivity index (χ1n) is 2.52. The zero-order valence-corrected chi connectivity index (χ0v) is 5.75. The molecule has 0 aliphatic carbocycles. The maximum Gasteiger partial charge on any atom is 0.362 e. The van der Waals surface area contributed by atoms with E-state index in [2.05, 4.69) is 22.1 Å². The number of alkyl halides is 1. The Kier molecular flexibility index (Phi) is 1.86. The third-order valence-corrected chi connectivity index (χ3v) is 1.29. The maximum atomic E-state index is 10.7. The predicted octanol–water partition coefficient (Wildman–Crippen LogP) is -0.110. The molecule has 0 fully saturated rings. The van der Waals surface area contributed by atoms with Crippen LogP contribution >= 0.6 is 11.6 Å². The highest BCUT2D eigenvalue weighted by Gasteiger charge is 2.05. The largest absolute Gasteiger partial charge is 0.362 e. The molecule has 54 valence electrons. The molecule has 0 saturated carbocycles. The first-order valence-corrected chi connectivity index (χ1v) is 2.96. The maximum absolute atomic E-state index is 10.7. The van der Waals surface area contributed by atoms with Crippen LogP contribution < -0.4 is 5.69 Å². The van der Waals surface area contributed by atoms with Crippen molar-refractivity contribution in [2.45, 2.75) is 5.50 Å². The number of nitrogens with zero attached hydrogens (tertiary/aromatic N) is 3. The average molecular weight is 161 g/mol. The van der Waals surface area contributed by atoms with Gasteiger partial charge in [-0.15, -0.1) is 0 Å². The summed E-state index contributed by atoms with van der Waals surface area (Å²) >= 11 is 5.56. The number of tetrazole rings is 1. The van der Waals surface area contributed by atoms with Crippen LogP contribution in [-0.4, -0.2) is 20.2 Å². The van der Waals surface area contributed by atoms with E-state index in [0.717, 1.165) is 4.68 Å². The quantitative estimate of drug-likeness (QED) is 0.485. The lowest BCUT2D eigenvalue weighted by atomic mass is 10.6. The van der Waals surface area contributed by atoms with Crippen molar-refractivity contribution >= 4 is 11.6 Å². The molecule has 1 heterocycles. The Balaban J connectivity index is 3.04. The van der Waals surface area contributed by atoms with E-state index in [-0.39, 0.29) is 0 Å². The van der Waals surface area contributed by atoms with Gasteiger partial charge in [0.25, 0.3) is 0 Å². The van der Waals surface area contributed by atoms with Crippen LogP contribution in [0.3, 0.4) is 0 Å². The minimum atomic E-state index is -0.633. The molecule has 0 amide bonds. The van der Waals surface area contributed by atoms with Gasteiger partial charge in [-0.3, -0.25) is 0 Å². The third kappa shape index (κ3) is 1.08. The first-order chi connectivity index (χ1) is 4.75. The van der Waals surface area contributed by atoms with Crippen LogP contribution in [0.15, 0.2) is 17.4 Å². The van der Waals surface area contributed by atoms with Crippen LogP contribution in [0.2, 0.25) is 0 Å². The normalized spacial score (nSPS) is 12.9. The number of hydrogen-bond acceptors (Lipinski definition) is 3. The van der Waals surface area contributed by atoms with Gasteiger partial charge >= 0.3 is 5.69 Å². The van der Waals surface area contributed by atoms with Gasteiger partial charge < -0.3 is 0 Å². The highest BCUT2D eigenvalue weighted by atomic mass is 35.5. The number of aromatic amines is 1. The topological polar surface area (TPSA) is 63.6 Å². The molecule has 6 heteroatoms. The summed E-state index contributed by atoms with van der Waals surface area (Å²) in [5.41, 5.74) is -1.08. The van der Waals surface area contributed by atoms with Gasteiger partial charge in [-0.1, -0.05) is 24.3 Å². The van der Waals surface area contributed by atoms with Crippen LogP contribution in [0.1, 0.15) is 5.50 Å². The standard InChI is InChI=1S/C4H5ClN4O/c1-2-3(5)9-4(10)6-7-8-9/h2-3H,1H2,(H,6,8,10). The van der Waals surface area contributed by atoms with Gasteiger partial charge in [0.05, 0.1) is 0 Å². The lowest BCUT2D eigenvalue weighted by Crippen LogP contribution is -2.19. The number of rotatable bonds is 2.